The van der Waals surface area contributed by atoms with Crippen molar-refractivity contribution in [3.8, 4) is 0 Å². The summed E-state index contributed by atoms with van der Waals surface area (Å²) >= 11 is 0. The molecule has 0 unspecified atom stereocenters. The first-order valence-electron chi connectivity index (χ1n) is 13.9. The lowest BCUT2D eigenvalue weighted by atomic mass is 9.32. The lowest BCUT2D eigenvalue weighted by Crippen LogP contribution is -2.66. The topological polar surface area (TPSA) is 37.3 Å². The molecule has 5 aliphatic carbocycles. The highest BCUT2D eigenvalue weighted by Crippen LogP contribution is 2.77. The lowest BCUT2D eigenvalue weighted by Gasteiger charge is -2.72. The van der Waals surface area contributed by atoms with Gasteiger partial charge in [-0.1, -0.05) is 41.5 Å². The summed E-state index contributed by atoms with van der Waals surface area (Å²) in [6.45, 7) is 19.2. The maximum Gasteiger partial charge on any atom is 0.138 e. The van der Waals surface area contributed by atoms with Crippen molar-refractivity contribution in [1.82, 2.24) is 0 Å². The predicted molar refractivity (Wildman–Crippen MR) is 131 cm³/mol. The highest BCUT2D eigenvalue weighted by atomic mass is 16.3. The SMILES string of the molecule is CC(C)(O)[C@@H]1CC[C@]2(C)CC[C@]3(C)[C@H](CC[C@@H]4[C@@]5(C)CCC(=O)C(C)(C)[C@@H]5CC[C@]43C)[C@@H]12. The Kier molecular flexibility index (Phi) is 4.85. The second kappa shape index (κ2) is 6.64. The van der Waals surface area contributed by atoms with Gasteiger partial charge >= 0.3 is 0 Å². The Hall–Kier alpha value is -0.370. The largest absolute Gasteiger partial charge is 0.390 e. The zero-order chi connectivity index (χ0) is 23.5. The van der Waals surface area contributed by atoms with E-state index in [0.717, 1.165) is 24.7 Å². The molecule has 0 aromatic rings. The highest BCUT2D eigenvalue weighted by Gasteiger charge is 2.70. The van der Waals surface area contributed by atoms with Gasteiger partial charge < -0.3 is 5.11 Å². The Labute approximate surface area is 197 Å². The normalized spacial score (nSPS) is 54.9. The molecule has 0 aliphatic heterocycles. The van der Waals surface area contributed by atoms with Gasteiger partial charge in [-0.05, 0) is 123 Å². The molecule has 5 rings (SSSR count). The first-order valence-corrected chi connectivity index (χ1v) is 13.9. The van der Waals surface area contributed by atoms with E-state index in [-0.39, 0.29) is 5.41 Å². The third-order valence-corrected chi connectivity index (χ3v) is 13.5. The molecule has 0 heterocycles. The van der Waals surface area contributed by atoms with Crippen molar-refractivity contribution in [1.29, 1.82) is 0 Å². The smallest absolute Gasteiger partial charge is 0.138 e. The van der Waals surface area contributed by atoms with Gasteiger partial charge in [0.25, 0.3) is 0 Å². The number of ketones is 1. The quantitative estimate of drug-likeness (QED) is 0.458. The van der Waals surface area contributed by atoms with Crippen LogP contribution < -0.4 is 0 Å². The molecule has 5 aliphatic rings. The van der Waals surface area contributed by atoms with Gasteiger partial charge in [-0.15, -0.1) is 0 Å². The van der Waals surface area contributed by atoms with Crippen LogP contribution in [0.1, 0.15) is 120 Å². The molecule has 0 spiro atoms. The zero-order valence-electron chi connectivity index (χ0n) is 22.3. The molecule has 2 heteroatoms. The van der Waals surface area contributed by atoms with Crippen LogP contribution in [0.2, 0.25) is 0 Å². The van der Waals surface area contributed by atoms with Crippen LogP contribution in [0.15, 0.2) is 0 Å². The summed E-state index contributed by atoms with van der Waals surface area (Å²) in [5.74, 6) is 3.62. The van der Waals surface area contributed by atoms with Crippen molar-refractivity contribution in [2.75, 3.05) is 0 Å². The second-order valence-electron chi connectivity index (χ2n) is 15.3. The Morgan fingerprint density at radius 3 is 2.12 bits per heavy atom. The van der Waals surface area contributed by atoms with E-state index in [9.17, 15) is 9.90 Å². The Bertz CT molecular complexity index is 806. The van der Waals surface area contributed by atoms with Gasteiger partial charge in [0.2, 0.25) is 0 Å². The van der Waals surface area contributed by atoms with E-state index >= 15 is 0 Å². The van der Waals surface area contributed by atoms with Crippen LogP contribution in [0, 0.1) is 56.7 Å². The molecule has 0 aromatic heterocycles. The Morgan fingerprint density at radius 1 is 0.781 bits per heavy atom. The maximum absolute atomic E-state index is 12.9. The zero-order valence-corrected chi connectivity index (χ0v) is 22.3. The van der Waals surface area contributed by atoms with Crippen LogP contribution in [0.3, 0.4) is 0 Å². The van der Waals surface area contributed by atoms with Crippen molar-refractivity contribution >= 4 is 5.78 Å². The summed E-state index contributed by atoms with van der Waals surface area (Å²) in [5.41, 5.74) is 0.687. The minimum absolute atomic E-state index is 0.158. The summed E-state index contributed by atoms with van der Waals surface area (Å²) in [6.07, 6.45) is 12.3. The average molecular weight is 443 g/mol. The number of rotatable bonds is 1. The molecular weight excluding hydrogens is 392 g/mol. The van der Waals surface area contributed by atoms with Gasteiger partial charge in [-0.25, -0.2) is 0 Å². The third-order valence-electron chi connectivity index (χ3n) is 13.5. The van der Waals surface area contributed by atoms with Crippen molar-refractivity contribution < 1.29 is 9.90 Å². The number of carbonyl (C=O) groups is 1. The van der Waals surface area contributed by atoms with Crippen molar-refractivity contribution in [3.63, 3.8) is 0 Å². The first-order chi connectivity index (χ1) is 14.6. The highest BCUT2D eigenvalue weighted by molar-refractivity contribution is 5.85. The van der Waals surface area contributed by atoms with Gasteiger partial charge in [0.15, 0.2) is 0 Å². The molecule has 32 heavy (non-hydrogen) atoms. The maximum atomic E-state index is 12.9. The fourth-order valence-electron chi connectivity index (χ4n) is 11.5. The molecule has 5 fully saturated rings. The van der Waals surface area contributed by atoms with E-state index in [1.165, 1.54) is 51.4 Å². The van der Waals surface area contributed by atoms with Gasteiger partial charge in [0.1, 0.15) is 5.78 Å². The monoisotopic (exact) mass is 442 g/mol. The average Bonchev–Trinajstić information content (AvgIpc) is 3.04. The number of fused-ring (bicyclic) bond motifs is 7. The molecule has 0 bridgehead atoms. The summed E-state index contributed by atoms with van der Waals surface area (Å²) < 4.78 is 0. The van der Waals surface area contributed by atoms with Crippen LogP contribution >= 0.6 is 0 Å². The first kappa shape index (κ1) is 23.4. The van der Waals surface area contributed by atoms with Gasteiger partial charge in [-0.2, -0.15) is 0 Å². The van der Waals surface area contributed by atoms with Crippen molar-refractivity contribution in [2.24, 2.45) is 56.7 Å². The third kappa shape index (κ3) is 2.71. The van der Waals surface area contributed by atoms with Crippen LogP contribution in [0.4, 0.5) is 0 Å². The summed E-state index contributed by atoms with van der Waals surface area (Å²) in [7, 11) is 0. The van der Waals surface area contributed by atoms with E-state index < -0.39 is 5.60 Å². The van der Waals surface area contributed by atoms with Crippen LogP contribution in [0.25, 0.3) is 0 Å². The molecule has 182 valence electrons. The molecule has 0 aromatic carbocycles. The van der Waals surface area contributed by atoms with Crippen LogP contribution in [-0.4, -0.2) is 16.5 Å². The minimum atomic E-state index is -0.574. The van der Waals surface area contributed by atoms with E-state index in [2.05, 4.69) is 55.4 Å². The van der Waals surface area contributed by atoms with Gasteiger partial charge in [-0.3, -0.25) is 4.79 Å². The fourth-order valence-corrected chi connectivity index (χ4v) is 11.5. The molecule has 2 nitrogen and oxygen atoms in total. The molecule has 0 amide bonds. The molecule has 9 atom stereocenters. The number of hydrogen-bond donors (Lipinski definition) is 1. The summed E-state index contributed by atoms with van der Waals surface area (Å²) in [6, 6.07) is 0. The van der Waals surface area contributed by atoms with E-state index in [4.69, 9.17) is 0 Å². The molecule has 5 saturated carbocycles. The number of hydrogen-bond acceptors (Lipinski definition) is 2. The Morgan fingerprint density at radius 2 is 1.47 bits per heavy atom. The number of aliphatic hydroxyl groups is 1. The second-order valence-corrected chi connectivity index (χ2v) is 15.3. The summed E-state index contributed by atoms with van der Waals surface area (Å²) in [4.78, 5) is 12.9. The van der Waals surface area contributed by atoms with Crippen LogP contribution in [0.5, 0.6) is 0 Å². The van der Waals surface area contributed by atoms with Crippen molar-refractivity contribution in [3.05, 3.63) is 0 Å². The van der Waals surface area contributed by atoms with E-state index in [1.807, 2.05) is 0 Å². The molecule has 1 N–H and O–H groups in total. The molecule has 0 radical (unpaired) electrons. The van der Waals surface area contributed by atoms with Gasteiger partial charge in [0, 0.05) is 11.8 Å². The number of carbonyl (C=O) groups excluding carboxylic acids is 1. The van der Waals surface area contributed by atoms with E-state index in [1.54, 1.807) is 0 Å². The predicted octanol–water partition coefficient (Wildman–Crippen LogP) is 7.43. The number of Topliss-reactive ketones (excluding diaryl/α,β-unsaturated/α-hetero) is 1. The molecular formula is C30H50O2. The minimum Gasteiger partial charge on any atom is -0.390 e. The molecule has 0 saturated heterocycles. The van der Waals surface area contributed by atoms with Crippen molar-refractivity contribution in [2.45, 2.75) is 125 Å². The van der Waals surface area contributed by atoms with E-state index in [0.29, 0.717) is 45.2 Å². The van der Waals surface area contributed by atoms with Gasteiger partial charge in [0.05, 0.1) is 5.60 Å². The lowest BCUT2D eigenvalue weighted by molar-refractivity contribution is -0.237. The fraction of sp³-hybridized carbons (Fsp3) is 0.967. The Balaban J connectivity index is 1.55. The summed E-state index contributed by atoms with van der Waals surface area (Å²) in [5, 5.41) is 11.2. The van der Waals surface area contributed by atoms with Crippen LogP contribution in [-0.2, 0) is 4.79 Å². The standard InChI is InChI=1S/C30H50O2/c1-25(2)21-12-16-30(8)22(28(21,6)15-13-23(25)31)10-9-20-24-19(26(3,4)32)11-14-27(24,5)17-18-29(20,30)7/h19-22,24,32H,9-18H2,1-8H3/t19-,20-,21+,22-,24-,27-,28+,29-,30-/m1/s1.